The number of amides is 1. The van der Waals surface area contributed by atoms with Crippen LogP contribution in [0.1, 0.15) is 61.2 Å². The quantitative estimate of drug-likeness (QED) is 0.460. The van der Waals surface area contributed by atoms with Crippen molar-refractivity contribution in [2.75, 3.05) is 13.2 Å². The lowest BCUT2D eigenvalue weighted by molar-refractivity contribution is -0.141. The molecule has 10 heteroatoms. The van der Waals surface area contributed by atoms with E-state index in [9.17, 15) is 26.7 Å². The van der Waals surface area contributed by atoms with Crippen LogP contribution in [0.3, 0.4) is 0 Å². The number of rotatable bonds is 5. The van der Waals surface area contributed by atoms with Crippen LogP contribution in [0.15, 0.2) is 18.2 Å². The average molecular weight is 485 g/mol. The molecule has 186 valence electrons. The van der Waals surface area contributed by atoms with Crippen molar-refractivity contribution in [3.05, 3.63) is 40.9 Å². The fourth-order valence-corrected chi connectivity index (χ4v) is 4.81. The highest BCUT2D eigenvalue weighted by Crippen LogP contribution is 2.40. The van der Waals surface area contributed by atoms with E-state index in [4.69, 9.17) is 4.74 Å². The third-order valence-corrected chi connectivity index (χ3v) is 6.60. The lowest BCUT2D eigenvalue weighted by atomic mass is 9.83. The van der Waals surface area contributed by atoms with Gasteiger partial charge in [-0.3, -0.25) is 4.79 Å². The molecule has 1 saturated heterocycles. The molecule has 1 N–H and O–H groups in total. The molecule has 1 aliphatic carbocycles. The minimum Gasteiger partial charge on any atom is -0.381 e. The number of fused-ring (bicyclic) bond motifs is 1. The number of pyridine rings is 1. The summed E-state index contributed by atoms with van der Waals surface area (Å²) in [6.45, 7) is 2.86. The highest BCUT2D eigenvalue weighted by atomic mass is 19.4. The molecule has 0 radical (unpaired) electrons. The number of nitrogens with one attached hydrogen (secondary N) is 1. The Labute approximate surface area is 194 Å². The Morgan fingerprint density at radius 3 is 2.53 bits per heavy atom. The number of carbonyl (C=O) groups is 1. The standard InChI is InChI=1S/C24H28F5N3O2/c1-15-12-17(2-3-21(33)30-18-6-10-34-11-7-18)14-20-31-22(24(27,28)29)19(32(15)20)13-16-4-8-23(25,26)9-5-16/h2-3,12,14,16,18H,4-11,13H2,1H3,(H,30,33)/b3-2+. The number of carbonyl (C=O) groups excluding carboxylic acids is 1. The van der Waals surface area contributed by atoms with Gasteiger partial charge in [-0.1, -0.05) is 0 Å². The van der Waals surface area contributed by atoms with Crippen molar-refractivity contribution < 1.29 is 31.5 Å². The second kappa shape index (κ2) is 9.64. The maximum Gasteiger partial charge on any atom is 0.435 e. The van der Waals surface area contributed by atoms with Gasteiger partial charge in [0, 0.05) is 43.9 Å². The number of ether oxygens (including phenoxy) is 1. The molecule has 0 atom stereocenters. The maximum absolute atomic E-state index is 13.8. The number of halogens is 5. The van der Waals surface area contributed by atoms with Crippen LogP contribution >= 0.6 is 0 Å². The van der Waals surface area contributed by atoms with E-state index in [1.54, 1.807) is 19.1 Å². The van der Waals surface area contributed by atoms with E-state index in [1.807, 2.05) is 0 Å². The van der Waals surface area contributed by atoms with Gasteiger partial charge < -0.3 is 14.5 Å². The van der Waals surface area contributed by atoms with Gasteiger partial charge in [0.25, 0.3) is 0 Å². The van der Waals surface area contributed by atoms with Gasteiger partial charge >= 0.3 is 6.18 Å². The van der Waals surface area contributed by atoms with Crippen molar-refractivity contribution in [1.82, 2.24) is 14.7 Å². The van der Waals surface area contributed by atoms with Gasteiger partial charge in [-0.05, 0) is 68.7 Å². The van der Waals surface area contributed by atoms with Crippen LogP contribution in [0.4, 0.5) is 22.0 Å². The summed E-state index contributed by atoms with van der Waals surface area (Å²) in [5.41, 5.74) is 0.220. The molecule has 2 aliphatic rings. The zero-order chi connectivity index (χ0) is 24.5. The molecule has 1 saturated carbocycles. The Kier molecular flexibility index (Phi) is 6.98. The average Bonchev–Trinajstić information content (AvgIpc) is 3.14. The molecule has 0 aromatic carbocycles. The van der Waals surface area contributed by atoms with E-state index in [2.05, 4.69) is 10.3 Å². The Morgan fingerprint density at radius 2 is 1.88 bits per heavy atom. The lowest BCUT2D eigenvalue weighted by Crippen LogP contribution is -2.37. The van der Waals surface area contributed by atoms with E-state index in [-0.39, 0.29) is 61.3 Å². The normalized spacial score (nSPS) is 20.3. The summed E-state index contributed by atoms with van der Waals surface area (Å²) in [6.07, 6.45) is -0.495. The number of alkyl halides is 5. The van der Waals surface area contributed by atoms with E-state index in [0.717, 1.165) is 12.8 Å². The fraction of sp³-hybridized carbons (Fsp3) is 0.583. The minimum atomic E-state index is -4.66. The van der Waals surface area contributed by atoms with Gasteiger partial charge in [-0.15, -0.1) is 0 Å². The van der Waals surface area contributed by atoms with Crippen molar-refractivity contribution >= 4 is 17.6 Å². The summed E-state index contributed by atoms with van der Waals surface area (Å²) < 4.78 is 75.1. The number of imidazole rings is 1. The molecule has 2 aromatic rings. The second-order valence-corrected chi connectivity index (χ2v) is 9.26. The van der Waals surface area contributed by atoms with Gasteiger partial charge in [-0.2, -0.15) is 13.2 Å². The summed E-state index contributed by atoms with van der Waals surface area (Å²) in [7, 11) is 0. The first-order valence-electron chi connectivity index (χ1n) is 11.6. The van der Waals surface area contributed by atoms with E-state index >= 15 is 0 Å². The second-order valence-electron chi connectivity index (χ2n) is 9.26. The SMILES string of the molecule is Cc1cc(/C=C/C(=O)NC2CCOCC2)cc2nc(C(F)(F)F)c(CC3CCC(F)(F)CC3)n12. The molecule has 0 bridgehead atoms. The molecule has 1 aliphatic heterocycles. The predicted molar refractivity (Wildman–Crippen MR) is 117 cm³/mol. The number of hydrogen-bond acceptors (Lipinski definition) is 3. The third-order valence-electron chi connectivity index (χ3n) is 6.60. The smallest absolute Gasteiger partial charge is 0.381 e. The van der Waals surface area contributed by atoms with E-state index in [0.29, 0.717) is 24.5 Å². The van der Waals surface area contributed by atoms with Crippen LogP contribution in [0.25, 0.3) is 11.7 Å². The molecule has 34 heavy (non-hydrogen) atoms. The Morgan fingerprint density at radius 1 is 1.21 bits per heavy atom. The van der Waals surface area contributed by atoms with Crippen molar-refractivity contribution in [3.63, 3.8) is 0 Å². The number of aromatic nitrogens is 2. The number of hydrogen-bond donors (Lipinski definition) is 1. The monoisotopic (exact) mass is 485 g/mol. The summed E-state index contributed by atoms with van der Waals surface area (Å²) in [5, 5.41) is 2.90. The van der Waals surface area contributed by atoms with Crippen molar-refractivity contribution in [2.45, 2.75) is 70.0 Å². The van der Waals surface area contributed by atoms with Crippen molar-refractivity contribution in [1.29, 1.82) is 0 Å². The summed E-state index contributed by atoms with van der Waals surface area (Å²) in [4.78, 5) is 16.1. The summed E-state index contributed by atoms with van der Waals surface area (Å²) in [6, 6.07) is 3.23. The molecule has 3 heterocycles. The van der Waals surface area contributed by atoms with E-state index < -0.39 is 17.8 Å². The zero-order valence-electron chi connectivity index (χ0n) is 18.9. The van der Waals surface area contributed by atoms with Crippen molar-refractivity contribution in [3.8, 4) is 0 Å². The predicted octanol–water partition coefficient (Wildman–Crippen LogP) is 5.34. The topological polar surface area (TPSA) is 55.6 Å². The van der Waals surface area contributed by atoms with Crippen LogP contribution in [-0.4, -0.2) is 40.5 Å². The molecule has 0 spiro atoms. The van der Waals surface area contributed by atoms with Gasteiger partial charge in [0.1, 0.15) is 5.65 Å². The molecular weight excluding hydrogens is 457 g/mol. The first-order chi connectivity index (χ1) is 16.0. The first kappa shape index (κ1) is 24.6. The Bertz CT molecular complexity index is 1060. The lowest BCUT2D eigenvalue weighted by Gasteiger charge is -2.28. The molecule has 0 unspecified atom stereocenters. The van der Waals surface area contributed by atoms with Gasteiger partial charge in [-0.25, -0.2) is 13.8 Å². The van der Waals surface area contributed by atoms with Crippen LogP contribution in [0.5, 0.6) is 0 Å². The van der Waals surface area contributed by atoms with Gasteiger partial charge in [0.2, 0.25) is 11.8 Å². The summed E-state index contributed by atoms with van der Waals surface area (Å²) >= 11 is 0. The summed E-state index contributed by atoms with van der Waals surface area (Å²) in [5.74, 6) is -3.27. The molecule has 4 rings (SSSR count). The molecule has 5 nitrogen and oxygen atoms in total. The molecule has 1 amide bonds. The first-order valence-corrected chi connectivity index (χ1v) is 11.6. The van der Waals surface area contributed by atoms with Crippen LogP contribution < -0.4 is 5.32 Å². The Hall–Kier alpha value is -2.49. The molecule has 2 fully saturated rings. The Balaban J connectivity index is 1.57. The maximum atomic E-state index is 13.8. The van der Waals surface area contributed by atoms with Gasteiger partial charge in [0.05, 0.1) is 5.69 Å². The highest BCUT2D eigenvalue weighted by Gasteiger charge is 2.40. The molecular formula is C24H28F5N3O2. The fourth-order valence-electron chi connectivity index (χ4n) is 4.81. The van der Waals surface area contributed by atoms with E-state index in [1.165, 1.54) is 16.5 Å². The van der Waals surface area contributed by atoms with Crippen LogP contribution in [0.2, 0.25) is 0 Å². The number of aryl methyl sites for hydroxylation is 1. The minimum absolute atomic E-state index is 0.00278. The number of nitrogens with zero attached hydrogens (tertiary/aromatic N) is 2. The third kappa shape index (κ3) is 5.76. The highest BCUT2D eigenvalue weighted by molar-refractivity contribution is 5.92. The molecule has 2 aromatic heterocycles. The zero-order valence-corrected chi connectivity index (χ0v) is 18.9. The van der Waals surface area contributed by atoms with Crippen LogP contribution in [-0.2, 0) is 22.1 Å². The van der Waals surface area contributed by atoms with Crippen molar-refractivity contribution in [2.24, 2.45) is 5.92 Å². The van der Waals surface area contributed by atoms with Gasteiger partial charge in [0.15, 0.2) is 5.69 Å². The largest absolute Gasteiger partial charge is 0.435 e. The van der Waals surface area contributed by atoms with Crippen LogP contribution in [0, 0.1) is 12.8 Å².